The SMILES string of the molecule is COC(=O)c1c(NC(=O)C(Sc2cccc(NC(=O)/C(=C/c3ccc(OCc4ccccc4)cc3)NC(=O)c3ccccc3)c2)c2ccccc2)sc2c1CCC(c1ccccc1)C2. The number of carbonyl (C=O) groups excluding carboxylic acids is 4. The first-order valence-corrected chi connectivity index (χ1v) is 22.6. The number of esters is 1. The van der Waals surface area contributed by atoms with Crippen molar-refractivity contribution in [2.75, 3.05) is 17.7 Å². The molecular weight excluding hydrogens is 839 g/mol. The zero-order valence-electron chi connectivity index (χ0n) is 35.0. The zero-order chi connectivity index (χ0) is 44.3. The molecule has 64 heavy (non-hydrogen) atoms. The van der Waals surface area contributed by atoms with Gasteiger partial charge in [-0.05, 0) is 102 Å². The van der Waals surface area contributed by atoms with E-state index in [9.17, 15) is 19.2 Å². The summed E-state index contributed by atoms with van der Waals surface area (Å²) < 4.78 is 11.2. The van der Waals surface area contributed by atoms with Crippen LogP contribution in [0.1, 0.15) is 71.0 Å². The van der Waals surface area contributed by atoms with Gasteiger partial charge in [0.15, 0.2) is 0 Å². The van der Waals surface area contributed by atoms with Crippen LogP contribution in [0.2, 0.25) is 0 Å². The molecule has 6 aromatic carbocycles. The molecule has 0 bridgehead atoms. The molecule has 7 aromatic rings. The molecule has 3 amide bonds. The summed E-state index contributed by atoms with van der Waals surface area (Å²) in [5.74, 6) is -0.794. The van der Waals surface area contributed by atoms with Crippen molar-refractivity contribution in [1.29, 1.82) is 0 Å². The zero-order valence-corrected chi connectivity index (χ0v) is 36.6. The fourth-order valence-corrected chi connectivity index (χ4v) is 9.97. The highest BCUT2D eigenvalue weighted by Gasteiger charge is 2.32. The van der Waals surface area contributed by atoms with E-state index in [2.05, 4.69) is 28.1 Å². The van der Waals surface area contributed by atoms with E-state index < -0.39 is 23.0 Å². The maximum absolute atomic E-state index is 14.4. The number of thioether (sulfide) groups is 1. The van der Waals surface area contributed by atoms with Crippen molar-refractivity contribution in [3.05, 3.63) is 219 Å². The maximum Gasteiger partial charge on any atom is 0.341 e. The molecule has 0 saturated heterocycles. The minimum absolute atomic E-state index is 0.0292. The molecule has 9 nitrogen and oxygen atoms in total. The lowest BCUT2D eigenvalue weighted by Gasteiger charge is -2.22. The van der Waals surface area contributed by atoms with Crippen LogP contribution in [0.3, 0.4) is 0 Å². The van der Waals surface area contributed by atoms with E-state index in [1.54, 1.807) is 48.5 Å². The monoisotopic (exact) mass is 883 g/mol. The molecule has 1 aliphatic carbocycles. The number of benzene rings is 6. The maximum atomic E-state index is 14.4. The van der Waals surface area contributed by atoms with Crippen LogP contribution in [-0.2, 0) is 33.8 Å². The molecular formula is C53H45N3O6S2. The van der Waals surface area contributed by atoms with Crippen molar-refractivity contribution in [1.82, 2.24) is 5.32 Å². The Labute approximate surface area is 380 Å². The predicted molar refractivity (Wildman–Crippen MR) is 255 cm³/mol. The first-order chi connectivity index (χ1) is 31.3. The molecule has 1 aliphatic rings. The van der Waals surface area contributed by atoms with Gasteiger partial charge in [-0.15, -0.1) is 23.1 Å². The number of fused-ring (bicyclic) bond motifs is 1. The van der Waals surface area contributed by atoms with E-state index in [0.717, 1.165) is 34.4 Å². The van der Waals surface area contributed by atoms with Gasteiger partial charge in [0.1, 0.15) is 28.3 Å². The van der Waals surface area contributed by atoms with E-state index in [0.29, 0.717) is 57.0 Å². The van der Waals surface area contributed by atoms with Gasteiger partial charge in [-0.3, -0.25) is 14.4 Å². The Kier molecular flexibility index (Phi) is 14.1. The number of methoxy groups -OCH3 is 1. The molecule has 0 saturated carbocycles. The first kappa shape index (κ1) is 43.4. The van der Waals surface area contributed by atoms with Crippen LogP contribution in [0, 0.1) is 0 Å². The summed E-state index contributed by atoms with van der Waals surface area (Å²) in [5, 5.41) is 8.63. The van der Waals surface area contributed by atoms with Gasteiger partial charge in [0, 0.05) is 21.0 Å². The highest BCUT2D eigenvalue weighted by Crippen LogP contribution is 2.44. The summed E-state index contributed by atoms with van der Waals surface area (Å²) in [6.07, 6.45) is 3.96. The number of amides is 3. The number of carbonyl (C=O) groups is 4. The van der Waals surface area contributed by atoms with Crippen LogP contribution in [0.15, 0.2) is 180 Å². The Hall–Kier alpha value is -7.21. The highest BCUT2D eigenvalue weighted by molar-refractivity contribution is 8.00. The lowest BCUT2D eigenvalue weighted by Crippen LogP contribution is -2.30. The number of nitrogens with one attached hydrogen (secondary N) is 3. The summed E-state index contributed by atoms with van der Waals surface area (Å²) in [5.41, 5.74) is 5.96. The van der Waals surface area contributed by atoms with Gasteiger partial charge in [-0.25, -0.2) is 4.79 Å². The number of thiophene rings is 1. The smallest absolute Gasteiger partial charge is 0.341 e. The number of anilines is 2. The Morgan fingerprint density at radius 2 is 1.44 bits per heavy atom. The van der Waals surface area contributed by atoms with Crippen molar-refractivity contribution < 1.29 is 28.7 Å². The Bertz CT molecular complexity index is 2760. The third-order valence-corrected chi connectivity index (χ3v) is 13.2. The van der Waals surface area contributed by atoms with Crippen LogP contribution in [0.4, 0.5) is 10.7 Å². The average molecular weight is 884 g/mol. The third-order valence-electron chi connectivity index (χ3n) is 10.8. The molecule has 0 spiro atoms. The van der Waals surface area contributed by atoms with Crippen molar-refractivity contribution in [2.24, 2.45) is 0 Å². The third kappa shape index (κ3) is 10.9. The molecule has 2 atom stereocenters. The van der Waals surface area contributed by atoms with E-state index in [1.807, 2.05) is 115 Å². The van der Waals surface area contributed by atoms with Crippen molar-refractivity contribution in [3.8, 4) is 5.75 Å². The van der Waals surface area contributed by atoms with Crippen LogP contribution < -0.4 is 20.7 Å². The van der Waals surface area contributed by atoms with E-state index >= 15 is 0 Å². The van der Waals surface area contributed by atoms with Gasteiger partial charge in [0.05, 0.1) is 12.7 Å². The van der Waals surface area contributed by atoms with Crippen LogP contribution in [0.5, 0.6) is 5.75 Å². The van der Waals surface area contributed by atoms with E-state index in [-0.39, 0.29) is 11.6 Å². The summed E-state index contributed by atoms with van der Waals surface area (Å²) in [6, 6.07) is 52.8. The average Bonchev–Trinajstić information content (AvgIpc) is 3.70. The molecule has 11 heteroatoms. The normalized spacial score (nSPS) is 13.8. The van der Waals surface area contributed by atoms with Gasteiger partial charge >= 0.3 is 5.97 Å². The molecule has 1 heterocycles. The molecule has 320 valence electrons. The Morgan fingerprint density at radius 1 is 0.766 bits per heavy atom. The number of ether oxygens (including phenoxy) is 2. The second kappa shape index (κ2) is 20.8. The minimum atomic E-state index is -0.728. The fraction of sp³-hybridized carbons (Fsp3) is 0.132. The first-order valence-electron chi connectivity index (χ1n) is 20.9. The lowest BCUT2D eigenvalue weighted by atomic mass is 9.83. The number of hydrogen-bond donors (Lipinski definition) is 3. The second-order valence-electron chi connectivity index (χ2n) is 15.2. The fourth-order valence-electron chi connectivity index (χ4n) is 7.57. The molecule has 2 unspecified atom stereocenters. The summed E-state index contributed by atoms with van der Waals surface area (Å²) in [4.78, 5) is 56.9. The topological polar surface area (TPSA) is 123 Å². The summed E-state index contributed by atoms with van der Waals surface area (Å²) in [7, 11) is 1.36. The Balaban J connectivity index is 1.01. The summed E-state index contributed by atoms with van der Waals surface area (Å²) in [6.45, 7) is 0.410. The van der Waals surface area contributed by atoms with Gasteiger partial charge in [-0.1, -0.05) is 127 Å². The summed E-state index contributed by atoms with van der Waals surface area (Å²) >= 11 is 2.75. The predicted octanol–water partition coefficient (Wildman–Crippen LogP) is 11.3. The Morgan fingerprint density at radius 3 is 2.14 bits per heavy atom. The van der Waals surface area contributed by atoms with Crippen molar-refractivity contribution in [2.45, 2.75) is 41.9 Å². The largest absolute Gasteiger partial charge is 0.489 e. The molecule has 0 aliphatic heterocycles. The van der Waals surface area contributed by atoms with Crippen LogP contribution >= 0.6 is 23.1 Å². The molecule has 1 aromatic heterocycles. The molecule has 3 N–H and O–H groups in total. The van der Waals surface area contributed by atoms with Gasteiger partial charge in [-0.2, -0.15) is 0 Å². The molecule has 0 radical (unpaired) electrons. The van der Waals surface area contributed by atoms with E-state index in [1.165, 1.54) is 35.8 Å². The van der Waals surface area contributed by atoms with Crippen LogP contribution in [0.25, 0.3) is 6.08 Å². The van der Waals surface area contributed by atoms with Crippen molar-refractivity contribution >= 4 is 63.6 Å². The number of hydrogen-bond acceptors (Lipinski definition) is 8. The second-order valence-corrected chi connectivity index (χ2v) is 17.4. The standard InChI is InChI=1S/C53H45N3O6S2/c1-61-53(60)47-44-30-27-40(37-17-8-3-9-18-37)32-46(44)64-52(47)56-51(59)48(38-19-10-4-11-20-38)63-43-24-14-23-41(33-43)54-50(58)45(55-49(57)39-21-12-5-13-22-39)31-35-25-28-42(29-26-35)62-34-36-15-6-2-7-16-36/h2-26,28-29,31,33,40,48H,27,30,32,34H2,1H3,(H,54,58)(H,55,57)(H,56,59)/b45-31-. The highest BCUT2D eigenvalue weighted by atomic mass is 32.2. The van der Waals surface area contributed by atoms with Crippen LogP contribution in [-0.4, -0.2) is 30.8 Å². The van der Waals surface area contributed by atoms with Crippen molar-refractivity contribution in [3.63, 3.8) is 0 Å². The van der Waals surface area contributed by atoms with Gasteiger partial charge in [0.25, 0.3) is 11.8 Å². The molecule has 8 rings (SSSR count). The van der Waals surface area contributed by atoms with Gasteiger partial charge in [0.2, 0.25) is 5.91 Å². The lowest BCUT2D eigenvalue weighted by molar-refractivity contribution is -0.116. The van der Waals surface area contributed by atoms with Gasteiger partial charge < -0.3 is 25.4 Å². The quantitative estimate of drug-likeness (QED) is 0.0532. The molecule has 0 fully saturated rings. The minimum Gasteiger partial charge on any atom is -0.489 e. The number of rotatable bonds is 15. The van der Waals surface area contributed by atoms with E-state index in [4.69, 9.17) is 9.47 Å².